The Morgan fingerprint density at radius 2 is 1.56 bits per heavy atom. The highest BCUT2D eigenvalue weighted by atomic mass is 32.2. The number of hydrogen-bond acceptors (Lipinski definition) is 2. The zero-order valence-corrected chi connectivity index (χ0v) is 18.4. The molecule has 0 saturated carbocycles. The van der Waals surface area contributed by atoms with Gasteiger partial charge >= 0.3 is 0 Å². The highest BCUT2D eigenvalue weighted by molar-refractivity contribution is 8.00. The molecule has 2 aliphatic heterocycles. The van der Waals surface area contributed by atoms with Gasteiger partial charge in [0.2, 0.25) is 0 Å². The van der Waals surface area contributed by atoms with E-state index >= 15 is 0 Å². The second-order valence-electron chi connectivity index (χ2n) is 8.63. The Morgan fingerprint density at radius 1 is 0.688 bits per heavy atom. The molecule has 7 rings (SSSR count). The molecule has 0 aromatic heterocycles. The number of benzene rings is 5. The molecule has 0 amide bonds. The van der Waals surface area contributed by atoms with Crippen molar-refractivity contribution in [3.05, 3.63) is 103 Å². The molecule has 5 aromatic carbocycles. The van der Waals surface area contributed by atoms with Crippen LogP contribution in [0.1, 0.15) is 5.56 Å². The zero-order chi connectivity index (χ0) is 21.2. The Morgan fingerprint density at radius 3 is 2.53 bits per heavy atom. The van der Waals surface area contributed by atoms with Crippen molar-refractivity contribution < 1.29 is 4.74 Å². The fourth-order valence-corrected chi connectivity index (χ4v) is 6.34. The van der Waals surface area contributed by atoms with Crippen LogP contribution in [-0.2, 0) is 0 Å². The first kappa shape index (κ1) is 18.2. The minimum absolute atomic E-state index is 0.211. The van der Waals surface area contributed by atoms with Gasteiger partial charge in [0, 0.05) is 9.79 Å². The molecule has 0 spiro atoms. The summed E-state index contributed by atoms with van der Waals surface area (Å²) >= 11 is 1.85. The van der Waals surface area contributed by atoms with Gasteiger partial charge in [-0.25, -0.2) is 0 Å². The molecule has 1 nitrogen and oxygen atoms in total. The number of rotatable bonds is 1. The first-order chi connectivity index (χ1) is 15.8. The van der Waals surface area contributed by atoms with Gasteiger partial charge in [-0.15, -0.1) is 0 Å². The van der Waals surface area contributed by atoms with E-state index in [9.17, 15) is 0 Å². The quantitative estimate of drug-likeness (QED) is 0.302. The topological polar surface area (TPSA) is 9.23 Å². The van der Waals surface area contributed by atoms with E-state index in [-0.39, 0.29) is 6.71 Å². The van der Waals surface area contributed by atoms with Crippen LogP contribution in [0, 0.1) is 6.92 Å². The van der Waals surface area contributed by atoms with Gasteiger partial charge in [0.15, 0.2) is 0 Å². The molecular formula is C29H19BOS. The largest absolute Gasteiger partial charge is 0.458 e. The van der Waals surface area contributed by atoms with E-state index in [1.54, 1.807) is 0 Å². The molecule has 0 unspecified atom stereocenters. The average molecular weight is 426 g/mol. The van der Waals surface area contributed by atoms with Crippen LogP contribution < -0.4 is 21.1 Å². The Kier molecular flexibility index (Phi) is 3.85. The maximum atomic E-state index is 6.53. The maximum absolute atomic E-state index is 6.53. The summed E-state index contributed by atoms with van der Waals surface area (Å²) in [6.45, 7) is 2.39. The minimum Gasteiger partial charge on any atom is -0.458 e. The van der Waals surface area contributed by atoms with E-state index in [1.165, 1.54) is 53.6 Å². The molecule has 5 aromatic rings. The Bertz CT molecular complexity index is 1550. The van der Waals surface area contributed by atoms with Crippen molar-refractivity contribution in [2.24, 2.45) is 0 Å². The number of aryl methyl sites for hydroxylation is 1. The number of hydrogen-bond donors (Lipinski definition) is 0. The Hall–Kier alpha value is -3.43. The van der Waals surface area contributed by atoms with Gasteiger partial charge in [-0.2, -0.15) is 0 Å². The normalized spacial score (nSPS) is 13.2. The summed E-state index contributed by atoms with van der Waals surface area (Å²) < 4.78 is 6.53. The lowest BCUT2D eigenvalue weighted by Crippen LogP contribution is -2.57. The second kappa shape index (κ2) is 6.78. The lowest BCUT2D eigenvalue weighted by molar-refractivity contribution is 0.486. The fourth-order valence-electron chi connectivity index (χ4n) is 5.19. The van der Waals surface area contributed by atoms with Crippen molar-refractivity contribution >= 4 is 45.6 Å². The molecule has 2 aliphatic rings. The van der Waals surface area contributed by atoms with Crippen LogP contribution in [0.2, 0.25) is 0 Å². The third kappa shape index (κ3) is 2.61. The molecule has 2 heterocycles. The van der Waals surface area contributed by atoms with Gasteiger partial charge in [0.25, 0.3) is 6.71 Å². The van der Waals surface area contributed by atoms with Crippen LogP contribution in [-0.4, -0.2) is 6.71 Å². The molecule has 0 radical (unpaired) electrons. The van der Waals surface area contributed by atoms with E-state index in [0.717, 1.165) is 11.5 Å². The Balaban J connectivity index is 1.45. The summed E-state index contributed by atoms with van der Waals surface area (Å²) in [5.74, 6) is 1.94. The van der Waals surface area contributed by atoms with Crippen LogP contribution in [0.5, 0.6) is 11.5 Å². The first-order valence-electron chi connectivity index (χ1n) is 11.0. The molecule has 0 aliphatic carbocycles. The lowest BCUT2D eigenvalue weighted by atomic mass is 9.35. The summed E-state index contributed by atoms with van der Waals surface area (Å²) in [6, 6.07) is 35.1. The smallest absolute Gasteiger partial charge is 0.253 e. The van der Waals surface area contributed by atoms with E-state index < -0.39 is 0 Å². The van der Waals surface area contributed by atoms with E-state index in [1.807, 2.05) is 11.8 Å². The van der Waals surface area contributed by atoms with Gasteiger partial charge in [-0.1, -0.05) is 95.6 Å². The van der Waals surface area contributed by atoms with E-state index in [4.69, 9.17) is 4.74 Å². The van der Waals surface area contributed by atoms with Gasteiger partial charge < -0.3 is 4.74 Å². The molecule has 0 atom stereocenters. The van der Waals surface area contributed by atoms with Crippen LogP contribution in [0.4, 0.5) is 0 Å². The van der Waals surface area contributed by atoms with E-state index in [0.29, 0.717) is 0 Å². The monoisotopic (exact) mass is 426 g/mol. The van der Waals surface area contributed by atoms with Crippen LogP contribution >= 0.6 is 11.8 Å². The zero-order valence-electron chi connectivity index (χ0n) is 17.6. The van der Waals surface area contributed by atoms with Crippen molar-refractivity contribution in [3.63, 3.8) is 0 Å². The summed E-state index contributed by atoms with van der Waals surface area (Å²) in [5.41, 5.74) is 7.67. The molecule has 150 valence electrons. The van der Waals surface area contributed by atoms with Crippen molar-refractivity contribution in [2.75, 3.05) is 0 Å². The molecule has 0 fully saturated rings. The van der Waals surface area contributed by atoms with Crippen LogP contribution in [0.25, 0.3) is 21.9 Å². The summed E-state index contributed by atoms with van der Waals surface area (Å²) in [7, 11) is 0. The van der Waals surface area contributed by atoms with Gasteiger partial charge in [-0.3, -0.25) is 0 Å². The van der Waals surface area contributed by atoms with Crippen LogP contribution in [0.3, 0.4) is 0 Å². The maximum Gasteiger partial charge on any atom is 0.253 e. The lowest BCUT2D eigenvalue weighted by Gasteiger charge is -2.33. The van der Waals surface area contributed by atoms with Gasteiger partial charge in [-0.05, 0) is 64.0 Å². The molecule has 0 bridgehead atoms. The van der Waals surface area contributed by atoms with Crippen molar-refractivity contribution in [3.8, 4) is 22.6 Å². The predicted molar refractivity (Wildman–Crippen MR) is 136 cm³/mol. The molecule has 0 saturated heterocycles. The van der Waals surface area contributed by atoms with Crippen molar-refractivity contribution in [2.45, 2.75) is 16.7 Å². The summed E-state index contributed by atoms with van der Waals surface area (Å²) in [6.07, 6.45) is 0. The number of fused-ring (bicyclic) bond motifs is 5. The Labute approximate surface area is 192 Å². The van der Waals surface area contributed by atoms with E-state index in [2.05, 4.69) is 104 Å². The summed E-state index contributed by atoms with van der Waals surface area (Å²) in [4.78, 5) is 2.64. The summed E-state index contributed by atoms with van der Waals surface area (Å²) in [5, 5.41) is 2.52. The fraction of sp³-hybridized carbons (Fsp3) is 0.0345. The SMILES string of the molecule is Cc1ccc2c(c1)B1c3ccc(-c4cccc5ccccc45)cc3Oc3cccc(c31)S2. The van der Waals surface area contributed by atoms with Gasteiger partial charge in [0.05, 0.1) is 0 Å². The average Bonchev–Trinajstić information content (AvgIpc) is 2.83. The molecule has 0 N–H and O–H groups in total. The van der Waals surface area contributed by atoms with Crippen molar-refractivity contribution in [1.82, 2.24) is 0 Å². The third-order valence-corrected chi connectivity index (χ3v) is 7.82. The molecule has 3 heteroatoms. The first-order valence-corrected chi connectivity index (χ1v) is 11.8. The van der Waals surface area contributed by atoms with Crippen molar-refractivity contribution in [1.29, 1.82) is 0 Å². The third-order valence-electron chi connectivity index (χ3n) is 6.66. The number of ether oxygens (including phenoxy) is 1. The molecular weight excluding hydrogens is 407 g/mol. The van der Waals surface area contributed by atoms with Crippen LogP contribution in [0.15, 0.2) is 107 Å². The van der Waals surface area contributed by atoms with Gasteiger partial charge in [0.1, 0.15) is 11.5 Å². The highest BCUT2D eigenvalue weighted by Crippen LogP contribution is 2.38. The minimum atomic E-state index is 0.211. The predicted octanol–water partition coefficient (Wildman–Crippen LogP) is 5.90. The highest BCUT2D eigenvalue weighted by Gasteiger charge is 2.38. The molecule has 32 heavy (non-hydrogen) atoms. The second-order valence-corrected chi connectivity index (χ2v) is 9.71. The standard InChI is InChI=1S/C29H19BOS/c1-18-12-15-27-24(16-18)30-23-14-13-20(22-9-4-7-19-6-2-3-8-21(19)22)17-26(23)31-25-10-5-11-28(32-27)29(25)30/h2-17H,1H3.